The fraction of sp³-hybridized carbons (Fsp3) is 0.111. The summed E-state index contributed by atoms with van der Waals surface area (Å²) in [7, 11) is 0. The zero-order valence-electron chi connectivity index (χ0n) is 8.07. The topological polar surface area (TPSA) is 60.9 Å². The van der Waals surface area contributed by atoms with Crippen LogP contribution < -0.4 is 0 Å². The standard InChI is InChI=1S/C9H8N6/c1-7-4-8(14-3-2-10-5-14)13-15-6-11-12-9(7)15/h2-6H,1H3. The quantitative estimate of drug-likeness (QED) is 0.577. The van der Waals surface area contributed by atoms with E-state index in [1.807, 2.05) is 23.8 Å². The van der Waals surface area contributed by atoms with E-state index in [0.29, 0.717) is 0 Å². The van der Waals surface area contributed by atoms with E-state index in [1.165, 1.54) is 0 Å². The number of hydrogen-bond donors (Lipinski definition) is 0. The molecule has 0 aliphatic carbocycles. The summed E-state index contributed by atoms with van der Waals surface area (Å²) < 4.78 is 3.50. The molecular formula is C9H8N6. The van der Waals surface area contributed by atoms with Gasteiger partial charge in [-0.25, -0.2) is 4.98 Å². The first-order valence-electron chi connectivity index (χ1n) is 4.50. The van der Waals surface area contributed by atoms with Gasteiger partial charge in [0.15, 0.2) is 11.5 Å². The van der Waals surface area contributed by atoms with Crippen molar-refractivity contribution in [2.75, 3.05) is 0 Å². The van der Waals surface area contributed by atoms with Crippen LogP contribution in [0.15, 0.2) is 31.1 Å². The largest absolute Gasteiger partial charge is 0.289 e. The van der Waals surface area contributed by atoms with Gasteiger partial charge in [-0.3, -0.25) is 4.57 Å². The molecule has 0 saturated carbocycles. The monoisotopic (exact) mass is 200 g/mol. The van der Waals surface area contributed by atoms with E-state index in [0.717, 1.165) is 17.0 Å². The molecule has 0 fully saturated rings. The van der Waals surface area contributed by atoms with Crippen LogP contribution in [0.25, 0.3) is 11.5 Å². The molecule has 3 rings (SSSR count). The zero-order chi connectivity index (χ0) is 10.3. The van der Waals surface area contributed by atoms with Crippen molar-refractivity contribution in [3.8, 4) is 5.82 Å². The first kappa shape index (κ1) is 8.10. The summed E-state index contributed by atoms with van der Waals surface area (Å²) in [5.41, 5.74) is 1.81. The molecule has 0 aliphatic heterocycles. The second-order valence-corrected chi connectivity index (χ2v) is 3.25. The van der Waals surface area contributed by atoms with Crippen LogP contribution in [0.1, 0.15) is 5.56 Å². The Morgan fingerprint density at radius 2 is 2.20 bits per heavy atom. The number of imidazole rings is 1. The van der Waals surface area contributed by atoms with Crippen LogP contribution in [0.4, 0.5) is 0 Å². The van der Waals surface area contributed by atoms with Gasteiger partial charge in [0.2, 0.25) is 0 Å². The molecule has 3 heterocycles. The lowest BCUT2D eigenvalue weighted by atomic mass is 10.3. The van der Waals surface area contributed by atoms with Crippen LogP contribution in [-0.4, -0.2) is 29.4 Å². The predicted molar refractivity (Wildman–Crippen MR) is 52.6 cm³/mol. The van der Waals surface area contributed by atoms with Crippen LogP contribution in [0.5, 0.6) is 0 Å². The van der Waals surface area contributed by atoms with Crippen molar-refractivity contribution in [2.45, 2.75) is 6.92 Å². The van der Waals surface area contributed by atoms with Crippen molar-refractivity contribution in [3.05, 3.63) is 36.7 Å². The molecule has 0 atom stereocenters. The molecule has 0 N–H and O–H groups in total. The molecule has 6 heteroatoms. The molecule has 0 saturated heterocycles. The highest BCUT2D eigenvalue weighted by molar-refractivity contribution is 5.47. The molecule has 0 spiro atoms. The van der Waals surface area contributed by atoms with Crippen molar-refractivity contribution in [2.24, 2.45) is 0 Å². The first-order chi connectivity index (χ1) is 7.34. The Morgan fingerprint density at radius 3 is 3.00 bits per heavy atom. The van der Waals surface area contributed by atoms with Crippen LogP contribution >= 0.6 is 0 Å². The normalized spacial score (nSPS) is 11.0. The SMILES string of the molecule is Cc1cc(-n2ccnc2)nn2cnnc12. The molecule has 3 aromatic rings. The molecule has 0 aliphatic rings. The van der Waals surface area contributed by atoms with Gasteiger partial charge in [-0.15, -0.1) is 15.3 Å². The van der Waals surface area contributed by atoms with Gasteiger partial charge in [0.1, 0.15) is 12.7 Å². The maximum atomic E-state index is 4.35. The van der Waals surface area contributed by atoms with Gasteiger partial charge in [0.05, 0.1) is 0 Å². The van der Waals surface area contributed by atoms with E-state index < -0.39 is 0 Å². The average molecular weight is 200 g/mol. The summed E-state index contributed by atoms with van der Waals surface area (Å²) in [6, 6.07) is 1.95. The molecule has 0 radical (unpaired) electrons. The van der Waals surface area contributed by atoms with Gasteiger partial charge in [0.25, 0.3) is 0 Å². The highest BCUT2D eigenvalue weighted by Gasteiger charge is 2.04. The van der Waals surface area contributed by atoms with Gasteiger partial charge >= 0.3 is 0 Å². The minimum Gasteiger partial charge on any atom is -0.289 e. The van der Waals surface area contributed by atoms with E-state index in [9.17, 15) is 0 Å². The van der Waals surface area contributed by atoms with Crippen molar-refractivity contribution in [1.82, 2.24) is 29.4 Å². The highest BCUT2D eigenvalue weighted by Crippen LogP contribution is 2.10. The van der Waals surface area contributed by atoms with E-state index in [2.05, 4.69) is 20.3 Å². The third-order valence-electron chi connectivity index (χ3n) is 2.21. The summed E-state index contributed by atoms with van der Waals surface area (Å²) in [5.74, 6) is 0.803. The van der Waals surface area contributed by atoms with Crippen molar-refractivity contribution in [3.63, 3.8) is 0 Å². The molecule has 74 valence electrons. The number of aryl methyl sites for hydroxylation is 1. The molecular weight excluding hydrogens is 192 g/mol. The molecule has 3 aromatic heterocycles. The van der Waals surface area contributed by atoms with Gasteiger partial charge in [-0.1, -0.05) is 0 Å². The maximum absolute atomic E-state index is 4.35. The third kappa shape index (κ3) is 1.18. The fourth-order valence-corrected chi connectivity index (χ4v) is 1.48. The number of fused-ring (bicyclic) bond motifs is 1. The first-order valence-corrected chi connectivity index (χ1v) is 4.50. The Kier molecular flexibility index (Phi) is 1.55. The van der Waals surface area contributed by atoms with E-state index in [1.54, 1.807) is 23.4 Å². The highest BCUT2D eigenvalue weighted by atomic mass is 15.4. The van der Waals surface area contributed by atoms with Crippen LogP contribution in [-0.2, 0) is 0 Å². The average Bonchev–Trinajstić information content (AvgIpc) is 2.88. The number of rotatable bonds is 1. The fourth-order valence-electron chi connectivity index (χ4n) is 1.48. The lowest BCUT2D eigenvalue weighted by molar-refractivity contribution is 0.854. The zero-order valence-corrected chi connectivity index (χ0v) is 8.07. The van der Waals surface area contributed by atoms with Crippen LogP contribution in [0.2, 0.25) is 0 Å². The molecule has 15 heavy (non-hydrogen) atoms. The Morgan fingerprint density at radius 1 is 1.27 bits per heavy atom. The molecule has 0 amide bonds. The maximum Gasteiger partial charge on any atom is 0.180 e. The Hall–Kier alpha value is -2.24. The van der Waals surface area contributed by atoms with Gasteiger partial charge < -0.3 is 0 Å². The van der Waals surface area contributed by atoms with Gasteiger partial charge in [-0.2, -0.15) is 4.52 Å². The summed E-state index contributed by atoms with van der Waals surface area (Å²) in [4.78, 5) is 3.98. The van der Waals surface area contributed by atoms with E-state index >= 15 is 0 Å². The smallest absolute Gasteiger partial charge is 0.180 e. The van der Waals surface area contributed by atoms with Crippen molar-refractivity contribution in [1.29, 1.82) is 0 Å². The summed E-state index contributed by atoms with van der Waals surface area (Å²) >= 11 is 0. The summed E-state index contributed by atoms with van der Waals surface area (Å²) in [5, 5.41) is 12.1. The van der Waals surface area contributed by atoms with E-state index in [-0.39, 0.29) is 0 Å². The lowest BCUT2D eigenvalue weighted by Gasteiger charge is -2.02. The lowest BCUT2D eigenvalue weighted by Crippen LogP contribution is -2.01. The third-order valence-corrected chi connectivity index (χ3v) is 2.21. The Balaban J connectivity index is 2.29. The minimum atomic E-state index is 0.777. The van der Waals surface area contributed by atoms with E-state index in [4.69, 9.17) is 0 Å². The molecule has 0 aromatic carbocycles. The van der Waals surface area contributed by atoms with Crippen LogP contribution in [0.3, 0.4) is 0 Å². The Bertz CT molecular complexity index is 594. The second kappa shape index (κ2) is 2.88. The van der Waals surface area contributed by atoms with Gasteiger partial charge in [-0.05, 0) is 18.6 Å². The molecule has 6 nitrogen and oxygen atoms in total. The van der Waals surface area contributed by atoms with Gasteiger partial charge in [0, 0.05) is 12.4 Å². The van der Waals surface area contributed by atoms with Crippen molar-refractivity contribution >= 4 is 5.65 Å². The minimum absolute atomic E-state index is 0.777. The summed E-state index contributed by atoms with van der Waals surface area (Å²) in [6.07, 6.45) is 6.85. The summed E-state index contributed by atoms with van der Waals surface area (Å²) in [6.45, 7) is 1.98. The second-order valence-electron chi connectivity index (χ2n) is 3.25. The number of hydrogen-bond acceptors (Lipinski definition) is 4. The van der Waals surface area contributed by atoms with Crippen LogP contribution in [0, 0.1) is 6.92 Å². The number of nitrogens with zero attached hydrogens (tertiary/aromatic N) is 6. The molecule has 0 bridgehead atoms. The predicted octanol–water partition coefficient (Wildman–Crippen LogP) is 0.618. The van der Waals surface area contributed by atoms with Crippen molar-refractivity contribution < 1.29 is 0 Å². The molecule has 0 unspecified atom stereocenters. The Labute approximate surface area is 85.2 Å². The number of aromatic nitrogens is 6.